The third kappa shape index (κ3) is 8.46. The Labute approximate surface area is 259 Å². The van der Waals surface area contributed by atoms with Crippen molar-refractivity contribution < 1.29 is 84.0 Å². The number of ether oxygens (including phenoxy) is 6. The van der Waals surface area contributed by atoms with Gasteiger partial charge in [0.15, 0.2) is 6.29 Å². The summed E-state index contributed by atoms with van der Waals surface area (Å²) in [6.07, 6.45) is -20.4. The van der Waals surface area contributed by atoms with E-state index in [0.29, 0.717) is 0 Å². The van der Waals surface area contributed by atoms with Crippen LogP contribution in [0.15, 0.2) is 0 Å². The molecule has 0 saturated carbocycles. The smallest absolute Gasteiger partial charge is 0.332 e. The molecule has 3 heterocycles. The van der Waals surface area contributed by atoms with Crippen molar-refractivity contribution in [2.24, 2.45) is 11.8 Å². The Kier molecular flexibility index (Phi) is 13.4. The molecule has 3 fully saturated rings. The Morgan fingerprint density at radius 2 is 1.67 bits per heavy atom. The van der Waals surface area contributed by atoms with Crippen LogP contribution >= 0.6 is 0 Å². The fourth-order valence-electron chi connectivity index (χ4n) is 5.81. The molecule has 3 rings (SSSR count). The Morgan fingerprint density at radius 1 is 1.00 bits per heavy atom. The predicted molar refractivity (Wildman–Crippen MR) is 145 cm³/mol. The van der Waals surface area contributed by atoms with E-state index in [-0.39, 0.29) is 12.4 Å². The van der Waals surface area contributed by atoms with Crippen LogP contribution in [0.4, 0.5) is 0 Å². The Morgan fingerprint density at radius 3 is 2.22 bits per heavy atom. The summed E-state index contributed by atoms with van der Waals surface area (Å²) in [6.45, 7) is 4.00. The molecule has 0 spiro atoms. The molecule has 45 heavy (non-hydrogen) atoms. The maximum absolute atomic E-state index is 11.9. The van der Waals surface area contributed by atoms with Crippen molar-refractivity contribution in [2.45, 2.75) is 126 Å². The summed E-state index contributed by atoms with van der Waals surface area (Å²) in [5.74, 6) is -3.91. The van der Waals surface area contributed by atoms with Crippen molar-refractivity contribution >= 4 is 12.4 Å². The summed E-state index contributed by atoms with van der Waals surface area (Å²) in [6, 6.07) is -0.990. The third-order valence-corrected chi connectivity index (χ3v) is 8.44. The van der Waals surface area contributed by atoms with Gasteiger partial charge in [-0.05, 0) is 5.92 Å². The largest absolute Gasteiger partial charge is 0.410 e. The van der Waals surface area contributed by atoms with Gasteiger partial charge in [-0.15, -0.1) is 0 Å². The standard InChI is InChI=1S/C27H47NO17/c1-10(2)23-17(28-12(4)32)20(37)25(15(7-30)42-23)44-26-22(39)21(38)19(36)16(43-26)8-40-27(41-9-31)5-13(33)11(3)24(45-27)18(35)14(34)6-29/h9-11,13-26,29-30,33-39H,5-8H2,1-4H3,(H,28,32)/t11-,13-,14-,15?,16?,17?,18-,19+,20-,21+,22?,23+,24?,25-,26+,27+/m1/s1. The second-order valence-corrected chi connectivity index (χ2v) is 12.1. The molecule has 262 valence electrons. The average molecular weight is 658 g/mol. The molecule has 18 nitrogen and oxygen atoms in total. The van der Waals surface area contributed by atoms with Crippen molar-refractivity contribution in [1.82, 2.24) is 5.32 Å². The van der Waals surface area contributed by atoms with E-state index in [0.717, 1.165) is 0 Å². The van der Waals surface area contributed by atoms with Gasteiger partial charge in [0.1, 0.15) is 54.9 Å². The van der Waals surface area contributed by atoms with Crippen LogP contribution < -0.4 is 5.32 Å². The molecule has 5 unspecified atom stereocenters. The molecule has 18 heteroatoms. The Hall–Kier alpha value is -1.62. The van der Waals surface area contributed by atoms with Crippen LogP contribution in [-0.4, -0.2) is 170 Å². The van der Waals surface area contributed by atoms with Gasteiger partial charge in [0.25, 0.3) is 6.47 Å². The second kappa shape index (κ2) is 16.0. The summed E-state index contributed by atoms with van der Waals surface area (Å²) in [5.41, 5.74) is 0. The number of rotatable bonds is 13. The minimum atomic E-state index is -2.39. The van der Waals surface area contributed by atoms with Crippen molar-refractivity contribution in [3.63, 3.8) is 0 Å². The molecular weight excluding hydrogens is 610 g/mol. The van der Waals surface area contributed by atoms with Crippen molar-refractivity contribution in [3.8, 4) is 0 Å². The van der Waals surface area contributed by atoms with E-state index in [1.165, 1.54) is 13.8 Å². The van der Waals surface area contributed by atoms with Gasteiger partial charge >= 0.3 is 5.97 Å². The number of aliphatic hydroxyl groups is 9. The van der Waals surface area contributed by atoms with Gasteiger partial charge in [0.05, 0.1) is 50.6 Å². The highest BCUT2D eigenvalue weighted by molar-refractivity contribution is 5.73. The van der Waals surface area contributed by atoms with E-state index >= 15 is 0 Å². The lowest BCUT2D eigenvalue weighted by atomic mass is 9.87. The molecule has 0 bridgehead atoms. The normalized spacial score (nSPS) is 43.8. The van der Waals surface area contributed by atoms with Crippen molar-refractivity contribution in [1.29, 1.82) is 0 Å². The van der Waals surface area contributed by atoms with E-state index < -0.39 is 130 Å². The van der Waals surface area contributed by atoms with Crippen LogP contribution in [0.25, 0.3) is 0 Å². The summed E-state index contributed by atoms with van der Waals surface area (Å²) < 4.78 is 33.7. The first-order chi connectivity index (χ1) is 21.1. The van der Waals surface area contributed by atoms with Gasteiger partial charge < -0.3 is 79.7 Å². The third-order valence-electron chi connectivity index (χ3n) is 8.44. The molecule has 10 N–H and O–H groups in total. The van der Waals surface area contributed by atoms with Gasteiger partial charge in [0, 0.05) is 12.8 Å². The van der Waals surface area contributed by atoms with Crippen LogP contribution in [0, 0.1) is 11.8 Å². The quantitative estimate of drug-likeness (QED) is 0.0654. The highest BCUT2D eigenvalue weighted by Gasteiger charge is 2.54. The van der Waals surface area contributed by atoms with Gasteiger partial charge in [-0.3, -0.25) is 9.59 Å². The van der Waals surface area contributed by atoms with Crippen LogP contribution in [-0.2, 0) is 38.0 Å². The average Bonchev–Trinajstić information content (AvgIpc) is 2.99. The fraction of sp³-hybridized carbons (Fsp3) is 0.926. The molecule has 0 aromatic carbocycles. The van der Waals surface area contributed by atoms with Gasteiger partial charge in [0.2, 0.25) is 5.91 Å². The summed E-state index contributed by atoms with van der Waals surface area (Å²) in [4.78, 5) is 23.3. The number of aliphatic hydroxyl groups excluding tert-OH is 9. The zero-order valence-corrected chi connectivity index (χ0v) is 25.4. The van der Waals surface area contributed by atoms with E-state index in [1.807, 2.05) is 0 Å². The summed E-state index contributed by atoms with van der Waals surface area (Å²) in [7, 11) is 0. The minimum Gasteiger partial charge on any atom is -0.410 e. The molecule has 0 aromatic rings. The predicted octanol–water partition coefficient (Wildman–Crippen LogP) is -5.20. The maximum atomic E-state index is 11.9. The molecular formula is C27H47NO17. The molecule has 1 amide bonds. The molecule has 3 saturated heterocycles. The lowest BCUT2D eigenvalue weighted by Crippen LogP contribution is -2.68. The first-order valence-corrected chi connectivity index (χ1v) is 14.8. The van der Waals surface area contributed by atoms with Crippen LogP contribution in [0.3, 0.4) is 0 Å². The van der Waals surface area contributed by atoms with Crippen LogP contribution in [0.1, 0.15) is 34.1 Å². The van der Waals surface area contributed by atoms with E-state index in [9.17, 15) is 55.5 Å². The van der Waals surface area contributed by atoms with Gasteiger partial charge in [-0.2, -0.15) is 0 Å². The number of hydrogen-bond donors (Lipinski definition) is 10. The molecule has 3 aliphatic rings. The number of hydrogen-bond acceptors (Lipinski definition) is 17. The minimum absolute atomic E-state index is 0.0628. The first kappa shape index (κ1) is 37.8. The zero-order valence-electron chi connectivity index (χ0n) is 25.4. The van der Waals surface area contributed by atoms with Gasteiger partial charge in [-0.25, -0.2) is 0 Å². The lowest BCUT2D eigenvalue weighted by molar-refractivity contribution is -0.423. The van der Waals surface area contributed by atoms with Gasteiger partial charge in [-0.1, -0.05) is 20.8 Å². The van der Waals surface area contributed by atoms with Crippen molar-refractivity contribution in [3.05, 3.63) is 0 Å². The summed E-state index contributed by atoms with van der Waals surface area (Å²) in [5, 5.41) is 96.0. The SMILES string of the molecule is CC(=O)NC1[C@H](C(C)C)OC(CO)[C@@H](O[C@@H]2OC(CO[C@]3(OC=O)C[C@@H](O)[C@@H](C)C([C@H](O)[C@H](O)CO)O3)[C@H](O)[C@H](O)C2O)[C@@H]1O. The highest BCUT2D eigenvalue weighted by atomic mass is 16.9. The zero-order chi connectivity index (χ0) is 33.8. The second-order valence-electron chi connectivity index (χ2n) is 12.1. The molecule has 0 radical (unpaired) electrons. The number of amides is 1. The highest BCUT2D eigenvalue weighted by Crippen LogP contribution is 2.38. The fourth-order valence-corrected chi connectivity index (χ4v) is 5.81. The first-order valence-electron chi connectivity index (χ1n) is 14.8. The molecule has 0 aliphatic carbocycles. The Bertz CT molecular complexity index is 960. The van der Waals surface area contributed by atoms with E-state index in [4.69, 9.17) is 28.4 Å². The summed E-state index contributed by atoms with van der Waals surface area (Å²) >= 11 is 0. The lowest BCUT2D eigenvalue weighted by Gasteiger charge is -2.49. The number of carbonyl (C=O) groups is 2. The molecule has 3 aliphatic heterocycles. The number of nitrogens with one attached hydrogen (secondary N) is 1. The Balaban J connectivity index is 1.80. The topological polar surface area (TPSA) is 284 Å². The van der Waals surface area contributed by atoms with Crippen LogP contribution in [0.2, 0.25) is 0 Å². The van der Waals surface area contributed by atoms with Crippen molar-refractivity contribution in [2.75, 3.05) is 19.8 Å². The van der Waals surface area contributed by atoms with E-state index in [2.05, 4.69) is 5.32 Å². The monoisotopic (exact) mass is 657 g/mol. The number of carbonyl (C=O) groups excluding carboxylic acids is 2. The molecule has 16 atom stereocenters. The van der Waals surface area contributed by atoms with Crippen LogP contribution in [0.5, 0.6) is 0 Å². The van der Waals surface area contributed by atoms with E-state index in [1.54, 1.807) is 13.8 Å². The molecule has 0 aromatic heterocycles. The maximum Gasteiger partial charge on any atom is 0.332 e.